The van der Waals surface area contributed by atoms with Crippen LogP contribution >= 0.6 is 0 Å². The Morgan fingerprint density at radius 2 is 1.84 bits per heavy atom. The lowest BCUT2D eigenvalue weighted by molar-refractivity contribution is -0.132. The summed E-state index contributed by atoms with van der Waals surface area (Å²) in [5.41, 5.74) is 0.753. The molecule has 1 atom stereocenters. The number of benzene rings is 2. The van der Waals surface area contributed by atoms with Crippen molar-refractivity contribution >= 4 is 23.1 Å². The molecule has 0 saturated carbocycles. The van der Waals surface area contributed by atoms with E-state index in [4.69, 9.17) is 13.9 Å². The van der Waals surface area contributed by atoms with E-state index in [9.17, 15) is 19.1 Å². The van der Waals surface area contributed by atoms with Gasteiger partial charge in [-0.15, -0.1) is 0 Å². The van der Waals surface area contributed by atoms with Crippen LogP contribution in [0.3, 0.4) is 0 Å². The summed E-state index contributed by atoms with van der Waals surface area (Å²) >= 11 is 0. The van der Waals surface area contributed by atoms with Crippen LogP contribution in [-0.2, 0) is 9.59 Å². The molecule has 3 heterocycles. The standard InChI is InChI=1S/C24H18FNO6/c1-13-11-14(4-6-16(13)25)22(27)20-21(18-3-2-8-30-18)26(24(29)23(20)28)15-5-7-17-19(12-15)32-10-9-31-17/h2-8,11-12,21,27H,9-10H2,1H3/b22-20-. The lowest BCUT2D eigenvalue weighted by atomic mass is 9.98. The van der Waals surface area contributed by atoms with Gasteiger partial charge < -0.3 is 19.0 Å². The Morgan fingerprint density at radius 3 is 2.56 bits per heavy atom. The first kappa shape index (κ1) is 19.9. The number of nitrogens with zero attached hydrogens (tertiary/aromatic N) is 1. The van der Waals surface area contributed by atoms with E-state index >= 15 is 0 Å². The Bertz CT molecular complexity index is 1260. The lowest BCUT2D eigenvalue weighted by Crippen LogP contribution is -2.29. The number of aliphatic hydroxyl groups is 1. The van der Waals surface area contributed by atoms with Crippen LogP contribution < -0.4 is 14.4 Å². The summed E-state index contributed by atoms with van der Waals surface area (Å²) in [5.74, 6) is -1.28. The van der Waals surface area contributed by atoms with Gasteiger partial charge in [0.05, 0.1) is 11.8 Å². The SMILES string of the molecule is Cc1cc(/C(O)=C2/C(=O)C(=O)N(c3ccc4c(c3)OCCO4)C2c2ccco2)ccc1F. The number of hydrogen-bond acceptors (Lipinski definition) is 6. The number of furan rings is 1. The predicted molar refractivity (Wildman–Crippen MR) is 112 cm³/mol. The number of anilines is 1. The number of carbonyl (C=O) groups is 2. The fourth-order valence-electron chi connectivity index (χ4n) is 3.94. The second-order valence-corrected chi connectivity index (χ2v) is 7.48. The molecule has 32 heavy (non-hydrogen) atoms. The summed E-state index contributed by atoms with van der Waals surface area (Å²) in [6, 6.07) is 11.1. The summed E-state index contributed by atoms with van der Waals surface area (Å²) < 4.78 is 30.4. The number of fused-ring (bicyclic) bond motifs is 1. The van der Waals surface area contributed by atoms with E-state index in [0.717, 1.165) is 0 Å². The highest BCUT2D eigenvalue weighted by Gasteiger charge is 2.48. The Kier molecular flexibility index (Phi) is 4.70. The number of rotatable bonds is 3. The van der Waals surface area contributed by atoms with Crippen molar-refractivity contribution in [1.29, 1.82) is 0 Å². The normalized spacial score (nSPS) is 19.4. The van der Waals surface area contributed by atoms with Crippen LogP contribution in [0, 0.1) is 12.7 Å². The highest BCUT2D eigenvalue weighted by atomic mass is 19.1. The van der Waals surface area contributed by atoms with Crippen molar-refractivity contribution in [2.45, 2.75) is 13.0 Å². The van der Waals surface area contributed by atoms with Crippen molar-refractivity contribution in [2.24, 2.45) is 0 Å². The molecule has 8 heteroatoms. The van der Waals surface area contributed by atoms with Gasteiger partial charge in [-0.25, -0.2) is 4.39 Å². The largest absolute Gasteiger partial charge is 0.507 e. The highest BCUT2D eigenvalue weighted by Crippen LogP contribution is 2.44. The van der Waals surface area contributed by atoms with E-state index in [2.05, 4.69) is 0 Å². The smallest absolute Gasteiger partial charge is 0.300 e. The van der Waals surface area contributed by atoms with E-state index < -0.39 is 29.3 Å². The maximum absolute atomic E-state index is 13.7. The van der Waals surface area contributed by atoms with Crippen molar-refractivity contribution in [3.8, 4) is 11.5 Å². The van der Waals surface area contributed by atoms with Gasteiger partial charge in [-0.05, 0) is 55.0 Å². The van der Waals surface area contributed by atoms with Crippen molar-refractivity contribution in [3.05, 3.63) is 83.1 Å². The summed E-state index contributed by atoms with van der Waals surface area (Å²) in [6.07, 6.45) is 1.42. The summed E-state index contributed by atoms with van der Waals surface area (Å²) in [6.45, 7) is 2.32. The van der Waals surface area contributed by atoms with Gasteiger partial charge in [-0.3, -0.25) is 14.5 Å². The van der Waals surface area contributed by atoms with Gasteiger partial charge in [0.1, 0.15) is 36.6 Å². The van der Waals surface area contributed by atoms with Crippen molar-refractivity contribution in [3.63, 3.8) is 0 Å². The van der Waals surface area contributed by atoms with Gasteiger partial charge in [-0.2, -0.15) is 0 Å². The number of halogens is 1. The molecule has 2 aliphatic heterocycles. The van der Waals surface area contributed by atoms with Crippen LogP contribution in [0.15, 0.2) is 64.8 Å². The third-order valence-electron chi connectivity index (χ3n) is 5.49. The molecule has 7 nitrogen and oxygen atoms in total. The molecule has 1 amide bonds. The molecule has 0 bridgehead atoms. The van der Waals surface area contributed by atoms with Crippen molar-refractivity contribution in [1.82, 2.24) is 0 Å². The molecule has 0 spiro atoms. The zero-order valence-electron chi connectivity index (χ0n) is 17.0. The maximum Gasteiger partial charge on any atom is 0.300 e. The summed E-state index contributed by atoms with van der Waals surface area (Å²) in [4.78, 5) is 27.4. The first-order valence-corrected chi connectivity index (χ1v) is 9.96. The zero-order valence-corrected chi connectivity index (χ0v) is 17.0. The Labute approximate surface area is 182 Å². The predicted octanol–water partition coefficient (Wildman–Crippen LogP) is 4.12. The van der Waals surface area contributed by atoms with Crippen LogP contribution in [0.25, 0.3) is 5.76 Å². The second-order valence-electron chi connectivity index (χ2n) is 7.48. The van der Waals surface area contributed by atoms with Crippen LogP contribution in [0.5, 0.6) is 11.5 Å². The first-order valence-electron chi connectivity index (χ1n) is 9.96. The summed E-state index contributed by atoms with van der Waals surface area (Å²) in [5, 5.41) is 11.0. The van der Waals surface area contributed by atoms with Gasteiger partial charge >= 0.3 is 0 Å². The lowest BCUT2D eigenvalue weighted by Gasteiger charge is -2.25. The number of hydrogen-bond donors (Lipinski definition) is 1. The number of ketones is 1. The topological polar surface area (TPSA) is 89.2 Å². The molecule has 1 aromatic heterocycles. The van der Waals surface area contributed by atoms with E-state index in [1.807, 2.05) is 0 Å². The Hall–Kier alpha value is -4.07. The van der Waals surface area contributed by atoms with Crippen molar-refractivity contribution in [2.75, 3.05) is 18.1 Å². The maximum atomic E-state index is 13.7. The average Bonchev–Trinajstić information content (AvgIpc) is 3.42. The van der Waals surface area contributed by atoms with E-state index in [1.165, 1.54) is 29.4 Å². The number of aryl methyl sites for hydroxylation is 1. The van der Waals surface area contributed by atoms with Gasteiger partial charge in [0, 0.05) is 17.3 Å². The van der Waals surface area contributed by atoms with Crippen LogP contribution in [0.2, 0.25) is 0 Å². The quantitative estimate of drug-likeness (QED) is 0.378. The molecule has 0 radical (unpaired) electrons. The molecular formula is C24H18FNO6. The first-order chi connectivity index (χ1) is 15.5. The molecule has 1 unspecified atom stereocenters. The Balaban J connectivity index is 1.68. The van der Waals surface area contributed by atoms with Crippen LogP contribution in [0.4, 0.5) is 10.1 Å². The molecular weight excluding hydrogens is 417 g/mol. The zero-order chi connectivity index (χ0) is 22.4. The minimum absolute atomic E-state index is 0.147. The van der Waals surface area contributed by atoms with Crippen LogP contribution in [-0.4, -0.2) is 30.0 Å². The van der Waals surface area contributed by atoms with Gasteiger partial charge in [-0.1, -0.05) is 0 Å². The summed E-state index contributed by atoms with van der Waals surface area (Å²) in [7, 11) is 0. The van der Waals surface area contributed by atoms with E-state index in [1.54, 1.807) is 37.3 Å². The van der Waals surface area contributed by atoms with E-state index in [0.29, 0.717) is 41.7 Å². The van der Waals surface area contributed by atoms with Gasteiger partial charge in [0.25, 0.3) is 11.7 Å². The minimum Gasteiger partial charge on any atom is -0.507 e. The second kappa shape index (κ2) is 7.56. The molecule has 1 fully saturated rings. The van der Waals surface area contributed by atoms with Gasteiger partial charge in [0.2, 0.25) is 0 Å². The molecule has 3 aromatic rings. The number of ether oxygens (including phenoxy) is 2. The highest BCUT2D eigenvalue weighted by molar-refractivity contribution is 6.51. The minimum atomic E-state index is -1.02. The fourth-order valence-corrected chi connectivity index (χ4v) is 3.94. The third kappa shape index (κ3) is 3.11. The fraction of sp³-hybridized carbons (Fsp3) is 0.167. The van der Waals surface area contributed by atoms with E-state index in [-0.39, 0.29) is 11.1 Å². The van der Waals surface area contributed by atoms with Crippen molar-refractivity contribution < 1.29 is 33.0 Å². The monoisotopic (exact) mass is 435 g/mol. The number of carbonyl (C=O) groups excluding carboxylic acids is 2. The third-order valence-corrected chi connectivity index (χ3v) is 5.49. The molecule has 1 N–H and O–H groups in total. The van der Waals surface area contributed by atoms with Gasteiger partial charge in [0.15, 0.2) is 11.5 Å². The molecule has 1 saturated heterocycles. The molecule has 0 aliphatic carbocycles. The Morgan fingerprint density at radius 1 is 1.06 bits per heavy atom. The molecule has 162 valence electrons. The molecule has 2 aromatic carbocycles. The number of amides is 1. The molecule has 2 aliphatic rings. The number of Topliss-reactive ketones (excluding diaryl/α,β-unsaturated/α-hetero) is 1. The molecule has 5 rings (SSSR count). The average molecular weight is 435 g/mol. The van der Waals surface area contributed by atoms with Crippen LogP contribution in [0.1, 0.15) is 22.9 Å². The number of aliphatic hydroxyl groups excluding tert-OH is 1.